The summed E-state index contributed by atoms with van der Waals surface area (Å²) in [4.78, 5) is 25.6. The Balaban J connectivity index is 1.25. The number of ether oxygens (including phenoxy) is 2. The van der Waals surface area contributed by atoms with Crippen LogP contribution in [0.15, 0.2) is 24.3 Å². The Morgan fingerprint density at radius 1 is 0.857 bits per heavy atom. The van der Waals surface area contributed by atoms with E-state index in [1.165, 1.54) is 0 Å². The van der Waals surface area contributed by atoms with E-state index >= 15 is 0 Å². The number of Topliss-reactive ketones (excluding diaryl/α,β-unsaturated/α-hetero) is 1. The summed E-state index contributed by atoms with van der Waals surface area (Å²) in [5, 5.41) is 0. The molecule has 2 fully saturated rings. The highest BCUT2D eigenvalue weighted by atomic mass is 16.6. The normalized spacial score (nSPS) is 35.7. The SMILES string of the molecule is CC(C)(CCOC(C)(C)C(=O)C1CC2C=CC1C2)OC(=O)C1CC2C=CC1C2. The van der Waals surface area contributed by atoms with Crippen molar-refractivity contribution in [2.75, 3.05) is 6.61 Å². The van der Waals surface area contributed by atoms with Crippen LogP contribution in [0.2, 0.25) is 0 Å². The third kappa shape index (κ3) is 3.85. The maximum atomic E-state index is 13.0. The topological polar surface area (TPSA) is 52.6 Å². The molecule has 0 spiro atoms. The Labute approximate surface area is 168 Å². The second-order valence-electron chi connectivity index (χ2n) is 10.4. The Bertz CT molecular complexity index is 701. The summed E-state index contributed by atoms with van der Waals surface area (Å²) in [7, 11) is 0. The number of carbonyl (C=O) groups excluding carboxylic acids is 2. The number of hydrogen-bond donors (Lipinski definition) is 0. The third-order valence-electron chi connectivity index (χ3n) is 7.33. The number of rotatable bonds is 8. The van der Waals surface area contributed by atoms with Gasteiger partial charge in [-0.05, 0) is 77.0 Å². The van der Waals surface area contributed by atoms with Crippen molar-refractivity contribution in [3.05, 3.63) is 24.3 Å². The summed E-state index contributed by atoms with van der Waals surface area (Å²) in [6.07, 6.45) is 13.6. The van der Waals surface area contributed by atoms with Gasteiger partial charge in [0.25, 0.3) is 0 Å². The molecule has 4 rings (SSSR count). The molecule has 0 aromatic heterocycles. The molecule has 0 aromatic carbocycles. The molecule has 154 valence electrons. The van der Waals surface area contributed by atoms with Gasteiger partial charge in [0.15, 0.2) is 5.78 Å². The van der Waals surface area contributed by atoms with Crippen LogP contribution in [0.4, 0.5) is 0 Å². The molecule has 4 bridgehead atoms. The lowest BCUT2D eigenvalue weighted by atomic mass is 9.83. The van der Waals surface area contributed by atoms with Gasteiger partial charge in [0, 0.05) is 12.3 Å². The number of fused-ring (bicyclic) bond motifs is 4. The average Bonchev–Trinajstić information content (AvgIpc) is 3.40. The van der Waals surface area contributed by atoms with Crippen LogP contribution in [0, 0.1) is 35.5 Å². The van der Waals surface area contributed by atoms with E-state index in [0.29, 0.717) is 36.7 Å². The van der Waals surface area contributed by atoms with Crippen molar-refractivity contribution < 1.29 is 19.1 Å². The first-order valence-electron chi connectivity index (χ1n) is 10.9. The van der Waals surface area contributed by atoms with Gasteiger partial charge in [0.05, 0.1) is 12.5 Å². The number of ketones is 1. The largest absolute Gasteiger partial charge is 0.459 e. The zero-order valence-corrected chi connectivity index (χ0v) is 17.6. The van der Waals surface area contributed by atoms with Gasteiger partial charge < -0.3 is 9.47 Å². The summed E-state index contributed by atoms with van der Waals surface area (Å²) in [5.74, 6) is 2.14. The van der Waals surface area contributed by atoms with Gasteiger partial charge in [-0.3, -0.25) is 9.59 Å². The van der Waals surface area contributed by atoms with Gasteiger partial charge in [-0.15, -0.1) is 0 Å². The van der Waals surface area contributed by atoms with Crippen molar-refractivity contribution in [3.63, 3.8) is 0 Å². The lowest BCUT2D eigenvalue weighted by Gasteiger charge is -2.32. The molecule has 0 heterocycles. The number of carbonyl (C=O) groups is 2. The lowest BCUT2D eigenvalue weighted by molar-refractivity contribution is -0.166. The highest BCUT2D eigenvalue weighted by Gasteiger charge is 2.45. The van der Waals surface area contributed by atoms with Crippen molar-refractivity contribution in [1.82, 2.24) is 0 Å². The van der Waals surface area contributed by atoms with Crippen molar-refractivity contribution in [2.45, 2.75) is 71.0 Å². The van der Waals surface area contributed by atoms with Gasteiger partial charge in [-0.1, -0.05) is 24.3 Å². The van der Waals surface area contributed by atoms with Crippen molar-refractivity contribution >= 4 is 11.8 Å². The van der Waals surface area contributed by atoms with E-state index in [4.69, 9.17) is 9.47 Å². The third-order valence-corrected chi connectivity index (χ3v) is 7.33. The maximum Gasteiger partial charge on any atom is 0.310 e. The molecule has 2 saturated carbocycles. The minimum Gasteiger partial charge on any atom is -0.459 e. The molecule has 0 N–H and O–H groups in total. The van der Waals surface area contributed by atoms with Crippen LogP contribution in [0.3, 0.4) is 0 Å². The molecular formula is C24H34O4. The second kappa shape index (κ2) is 7.12. The molecular weight excluding hydrogens is 352 g/mol. The molecule has 4 aliphatic carbocycles. The lowest BCUT2D eigenvalue weighted by Crippen LogP contribution is -2.42. The van der Waals surface area contributed by atoms with Crippen molar-refractivity contribution in [2.24, 2.45) is 35.5 Å². The zero-order chi connectivity index (χ0) is 20.1. The molecule has 0 aliphatic heterocycles. The van der Waals surface area contributed by atoms with E-state index in [0.717, 1.165) is 25.7 Å². The molecule has 0 amide bonds. The van der Waals surface area contributed by atoms with Gasteiger partial charge in [0.1, 0.15) is 11.2 Å². The Morgan fingerprint density at radius 3 is 1.93 bits per heavy atom. The van der Waals surface area contributed by atoms with E-state index in [2.05, 4.69) is 24.3 Å². The van der Waals surface area contributed by atoms with Crippen LogP contribution in [0.5, 0.6) is 0 Å². The summed E-state index contributed by atoms with van der Waals surface area (Å²) < 4.78 is 11.9. The van der Waals surface area contributed by atoms with Crippen LogP contribution < -0.4 is 0 Å². The minimum absolute atomic E-state index is 0.0130. The molecule has 4 heteroatoms. The second-order valence-corrected chi connectivity index (χ2v) is 10.4. The molecule has 0 aromatic rings. The van der Waals surface area contributed by atoms with Gasteiger partial charge in [0.2, 0.25) is 0 Å². The fourth-order valence-electron chi connectivity index (χ4n) is 5.60. The van der Waals surface area contributed by atoms with E-state index in [-0.39, 0.29) is 23.6 Å². The van der Waals surface area contributed by atoms with Gasteiger partial charge in [-0.25, -0.2) is 0 Å². The van der Waals surface area contributed by atoms with Gasteiger partial charge in [-0.2, -0.15) is 0 Å². The molecule has 6 unspecified atom stereocenters. The van der Waals surface area contributed by atoms with Crippen LogP contribution in [0.1, 0.15) is 59.8 Å². The molecule has 0 radical (unpaired) electrons. The minimum atomic E-state index is -0.793. The highest BCUT2D eigenvalue weighted by molar-refractivity contribution is 5.89. The van der Waals surface area contributed by atoms with Crippen LogP contribution >= 0.6 is 0 Å². The number of hydrogen-bond acceptors (Lipinski definition) is 4. The van der Waals surface area contributed by atoms with Crippen LogP contribution in [-0.2, 0) is 19.1 Å². The quantitative estimate of drug-likeness (QED) is 0.456. The molecule has 0 saturated heterocycles. The summed E-state index contributed by atoms with van der Waals surface area (Å²) >= 11 is 0. The summed E-state index contributed by atoms with van der Waals surface area (Å²) in [6, 6.07) is 0. The van der Waals surface area contributed by atoms with Crippen molar-refractivity contribution in [1.29, 1.82) is 0 Å². The zero-order valence-electron chi connectivity index (χ0n) is 17.6. The predicted octanol–water partition coefficient (Wildman–Crippen LogP) is 4.49. The fourth-order valence-corrected chi connectivity index (χ4v) is 5.60. The smallest absolute Gasteiger partial charge is 0.310 e. The predicted molar refractivity (Wildman–Crippen MR) is 108 cm³/mol. The first-order valence-corrected chi connectivity index (χ1v) is 10.9. The van der Waals surface area contributed by atoms with Gasteiger partial charge >= 0.3 is 5.97 Å². The molecule has 28 heavy (non-hydrogen) atoms. The summed E-state index contributed by atoms with van der Waals surface area (Å²) in [5.41, 5.74) is -1.38. The molecule has 4 nitrogen and oxygen atoms in total. The Hall–Kier alpha value is -1.42. The van der Waals surface area contributed by atoms with E-state index in [9.17, 15) is 9.59 Å². The molecule has 4 aliphatic rings. The average molecular weight is 387 g/mol. The Kier molecular flexibility index (Phi) is 5.06. The fraction of sp³-hybridized carbons (Fsp3) is 0.750. The highest BCUT2D eigenvalue weighted by Crippen LogP contribution is 2.46. The monoisotopic (exact) mass is 386 g/mol. The maximum absolute atomic E-state index is 13.0. The van der Waals surface area contributed by atoms with E-state index in [1.54, 1.807) is 0 Å². The van der Waals surface area contributed by atoms with Crippen LogP contribution in [0.25, 0.3) is 0 Å². The first kappa shape index (κ1) is 19.9. The number of esters is 1. The van der Waals surface area contributed by atoms with Crippen molar-refractivity contribution in [3.8, 4) is 0 Å². The summed E-state index contributed by atoms with van der Waals surface area (Å²) in [6.45, 7) is 8.04. The first-order chi connectivity index (χ1) is 13.1. The standard InChI is InChI=1S/C24H34O4/c1-23(2,28-22(26)20-14-16-6-8-18(20)12-16)9-10-27-24(3,4)21(25)19-13-15-5-7-17(19)11-15/h5-8,15-20H,9-14H2,1-4H3. The van der Waals surface area contributed by atoms with Crippen LogP contribution in [-0.4, -0.2) is 29.6 Å². The molecule has 6 atom stereocenters. The Morgan fingerprint density at radius 2 is 1.43 bits per heavy atom. The number of allylic oxidation sites excluding steroid dienone is 4. The van der Waals surface area contributed by atoms with E-state index in [1.807, 2.05) is 27.7 Å². The van der Waals surface area contributed by atoms with E-state index < -0.39 is 11.2 Å².